The summed E-state index contributed by atoms with van der Waals surface area (Å²) in [5, 5.41) is 3.46. The molecule has 0 aromatic heterocycles. The maximum absolute atomic E-state index is 5.97. The molecular formula is C24H25BrN2O. The van der Waals surface area contributed by atoms with Gasteiger partial charge in [-0.25, -0.2) is 0 Å². The van der Waals surface area contributed by atoms with Gasteiger partial charge in [0.05, 0.1) is 6.04 Å². The fourth-order valence-electron chi connectivity index (χ4n) is 3.71. The van der Waals surface area contributed by atoms with Crippen LogP contribution in [-0.4, -0.2) is 31.1 Å². The molecule has 3 aromatic rings. The van der Waals surface area contributed by atoms with E-state index in [0.717, 1.165) is 36.4 Å². The SMILES string of the molecule is Brc1ccccc1C(c1ccc(OCc2ccccc2)cc1)N1CCNCC1. The summed E-state index contributed by atoms with van der Waals surface area (Å²) in [7, 11) is 0. The van der Waals surface area contributed by atoms with Crippen LogP contribution in [0.15, 0.2) is 83.3 Å². The first-order valence-electron chi connectivity index (χ1n) is 9.77. The van der Waals surface area contributed by atoms with Crippen LogP contribution >= 0.6 is 15.9 Å². The highest BCUT2D eigenvalue weighted by Gasteiger charge is 2.25. The Morgan fingerprint density at radius 2 is 1.54 bits per heavy atom. The van der Waals surface area contributed by atoms with Crippen molar-refractivity contribution in [1.29, 1.82) is 0 Å². The Bertz CT molecular complexity index is 877. The maximum atomic E-state index is 5.97. The molecule has 1 aliphatic rings. The molecule has 0 radical (unpaired) electrons. The van der Waals surface area contributed by atoms with Gasteiger partial charge >= 0.3 is 0 Å². The van der Waals surface area contributed by atoms with E-state index in [2.05, 4.69) is 86.8 Å². The molecule has 28 heavy (non-hydrogen) atoms. The van der Waals surface area contributed by atoms with Crippen molar-refractivity contribution in [2.45, 2.75) is 12.6 Å². The Balaban J connectivity index is 1.55. The second kappa shape index (κ2) is 9.37. The fourth-order valence-corrected chi connectivity index (χ4v) is 4.21. The first kappa shape index (κ1) is 19.2. The molecule has 0 aliphatic carbocycles. The van der Waals surface area contributed by atoms with Crippen LogP contribution in [0.1, 0.15) is 22.7 Å². The van der Waals surface area contributed by atoms with Gasteiger partial charge in [0, 0.05) is 30.7 Å². The third kappa shape index (κ3) is 4.64. The largest absolute Gasteiger partial charge is 0.489 e. The predicted molar refractivity (Wildman–Crippen MR) is 118 cm³/mol. The molecule has 1 atom stereocenters. The Morgan fingerprint density at radius 1 is 0.857 bits per heavy atom. The zero-order chi connectivity index (χ0) is 19.2. The summed E-state index contributed by atoms with van der Waals surface area (Å²) >= 11 is 3.76. The quantitative estimate of drug-likeness (QED) is 0.586. The molecule has 1 heterocycles. The van der Waals surface area contributed by atoms with Crippen molar-refractivity contribution < 1.29 is 4.74 Å². The monoisotopic (exact) mass is 436 g/mol. The Morgan fingerprint density at radius 3 is 2.25 bits per heavy atom. The van der Waals surface area contributed by atoms with Crippen molar-refractivity contribution in [1.82, 2.24) is 10.2 Å². The summed E-state index contributed by atoms with van der Waals surface area (Å²) in [4.78, 5) is 2.55. The molecule has 0 bridgehead atoms. The van der Waals surface area contributed by atoms with E-state index in [1.807, 2.05) is 18.2 Å². The van der Waals surface area contributed by atoms with Gasteiger partial charge in [-0.05, 0) is 34.9 Å². The number of ether oxygens (including phenoxy) is 1. The van der Waals surface area contributed by atoms with Crippen LogP contribution in [0.5, 0.6) is 5.75 Å². The Hall–Kier alpha value is -2.14. The minimum Gasteiger partial charge on any atom is -0.489 e. The molecule has 1 aliphatic heterocycles. The zero-order valence-corrected chi connectivity index (χ0v) is 17.4. The van der Waals surface area contributed by atoms with Crippen LogP contribution in [0.2, 0.25) is 0 Å². The van der Waals surface area contributed by atoms with Crippen molar-refractivity contribution >= 4 is 15.9 Å². The molecular weight excluding hydrogens is 412 g/mol. The van der Waals surface area contributed by atoms with Gasteiger partial charge in [-0.2, -0.15) is 0 Å². The smallest absolute Gasteiger partial charge is 0.119 e. The molecule has 144 valence electrons. The Kier molecular flexibility index (Phi) is 6.42. The van der Waals surface area contributed by atoms with E-state index >= 15 is 0 Å². The van der Waals surface area contributed by atoms with Crippen molar-refractivity contribution in [2.24, 2.45) is 0 Å². The summed E-state index contributed by atoms with van der Waals surface area (Å²) in [5.41, 5.74) is 3.78. The van der Waals surface area contributed by atoms with Crippen LogP contribution in [-0.2, 0) is 6.61 Å². The molecule has 0 saturated carbocycles. The predicted octanol–water partition coefficient (Wildman–Crippen LogP) is 5.02. The zero-order valence-electron chi connectivity index (χ0n) is 15.9. The Labute approximate surface area is 175 Å². The highest BCUT2D eigenvalue weighted by molar-refractivity contribution is 9.10. The van der Waals surface area contributed by atoms with Crippen molar-refractivity contribution in [3.8, 4) is 5.75 Å². The van der Waals surface area contributed by atoms with E-state index in [-0.39, 0.29) is 6.04 Å². The van der Waals surface area contributed by atoms with Gasteiger partial charge in [-0.1, -0.05) is 76.6 Å². The number of halogens is 1. The molecule has 3 nitrogen and oxygen atoms in total. The first-order chi connectivity index (χ1) is 13.8. The van der Waals surface area contributed by atoms with Crippen LogP contribution < -0.4 is 10.1 Å². The number of hydrogen-bond donors (Lipinski definition) is 1. The summed E-state index contributed by atoms with van der Waals surface area (Å²) in [5.74, 6) is 0.902. The fraction of sp³-hybridized carbons (Fsp3) is 0.250. The van der Waals surface area contributed by atoms with E-state index in [0.29, 0.717) is 6.61 Å². The lowest BCUT2D eigenvalue weighted by molar-refractivity contribution is 0.198. The van der Waals surface area contributed by atoms with E-state index in [4.69, 9.17) is 4.74 Å². The molecule has 1 N–H and O–H groups in total. The number of rotatable bonds is 6. The van der Waals surface area contributed by atoms with Gasteiger partial charge in [0.2, 0.25) is 0 Å². The van der Waals surface area contributed by atoms with Crippen molar-refractivity contribution in [3.63, 3.8) is 0 Å². The number of hydrogen-bond acceptors (Lipinski definition) is 3. The van der Waals surface area contributed by atoms with Crippen LogP contribution in [0.25, 0.3) is 0 Å². The van der Waals surface area contributed by atoms with E-state index in [9.17, 15) is 0 Å². The molecule has 0 amide bonds. The lowest BCUT2D eigenvalue weighted by Crippen LogP contribution is -2.45. The standard InChI is InChI=1S/C24H25BrN2O/c25-23-9-5-4-8-22(23)24(27-16-14-26-15-17-27)20-10-12-21(13-11-20)28-18-19-6-2-1-3-7-19/h1-13,24,26H,14-18H2. The van der Waals surface area contributed by atoms with E-state index in [1.165, 1.54) is 16.7 Å². The second-order valence-electron chi connectivity index (χ2n) is 7.05. The van der Waals surface area contributed by atoms with Crippen molar-refractivity contribution in [3.05, 3.63) is 100 Å². The topological polar surface area (TPSA) is 24.5 Å². The molecule has 0 spiro atoms. The molecule has 1 saturated heterocycles. The summed E-state index contributed by atoms with van der Waals surface area (Å²) < 4.78 is 7.12. The summed E-state index contributed by atoms with van der Waals surface area (Å²) in [6.45, 7) is 4.72. The van der Waals surface area contributed by atoms with Crippen molar-refractivity contribution in [2.75, 3.05) is 26.2 Å². The van der Waals surface area contributed by atoms with Crippen LogP contribution in [0.3, 0.4) is 0 Å². The molecule has 3 aromatic carbocycles. The third-order valence-electron chi connectivity index (χ3n) is 5.16. The first-order valence-corrected chi connectivity index (χ1v) is 10.6. The highest BCUT2D eigenvalue weighted by Crippen LogP contribution is 2.34. The lowest BCUT2D eigenvalue weighted by atomic mass is 9.96. The average molecular weight is 437 g/mol. The lowest BCUT2D eigenvalue weighted by Gasteiger charge is -2.36. The van der Waals surface area contributed by atoms with Gasteiger partial charge in [-0.15, -0.1) is 0 Å². The summed E-state index contributed by atoms with van der Waals surface area (Å²) in [6.07, 6.45) is 0. The van der Waals surface area contributed by atoms with E-state index < -0.39 is 0 Å². The average Bonchev–Trinajstić information content (AvgIpc) is 2.76. The third-order valence-corrected chi connectivity index (χ3v) is 5.88. The molecule has 1 unspecified atom stereocenters. The second-order valence-corrected chi connectivity index (χ2v) is 7.91. The summed E-state index contributed by atoms with van der Waals surface area (Å²) in [6, 6.07) is 27.6. The van der Waals surface area contributed by atoms with Crippen LogP contribution in [0.4, 0.5) is 0 Å². The number of nitrogens with one attached hydrogen (secondary N) is 1. The van der Waals surface area contributed by atoms with Gasteiger partial charge < -0.3 is 10.1 Å². The normalized spacial score (nSPS) is 15.9. The van der Waals surface area contributed by atoms with Crippen LogP contribution in [0, 0.1) is 0 Å². The van der Waals surface area contributed by atoms with E-state index in [1.54, 1.807) is 0 Å². The minimum absolute atomic E-state index is 0.237. The number of benzene rings is 3. The molecule has 4 rings (SSSR count). The molecule has 1 fully saturated rings. The maximum Gasteiger partial charge on any atom is 0.119 e. The van der Waals surface area contributed by atoms with Gasteiger partial charge in [0.1, 0.15) is 12.4 Å². The van der Waals surface area contributed by atoms with Gasteiger partial charge in [0.25, 0.3) is 0 Å². The van der Waals surface area contributed by atoms with Gasteiger partial charge in [0.15, 0.2) is 0 Å². The minimum atomic E-state index is 0.237. The van der Waals surface area contributed by atoms with Gasteiger partial charge in [-0.3, -0.25) is 4.90 Å². The number of nitrogens with zero attached hydrogens (tertiary/aromatic N) is 1. The highest BCUT2D eigenvalue weighted by atomic mass is 79.9. The number of piperazine rings is 1. The molecule has 4 heteroatoms.